The number of hydrogen-bond donors (Lipinski definition) is 1. The normalized spacial score (nSPS) is 10.3. The van der Waals surface area contributed by atoms with Gasteiger partial charge in [0.2, 0.25) is 0 Å². The Morgan fingerprint density at radius 2 is 2.33 bits per heavy atom. The molecule has 106 valence electrons. The summed E-state index contributed by atoms with van der Waals surface area (Å²) in [5.74, 6) is 0.483. The highest BCUT2D eigenvalue weighted by Gasteiger charge is 2.12. The molecule has 0 aliphatic carbocycles. The van der Waals surface area contributed by atoms with Crippen LogP contribution < -0.4 is 10.1 Å². The highest BCUT2D eigenvalue weighted by Crippen LogP contribution is 2.21. The van der Waals surface area contributed by atoms with Crippen molar-refractivity contribution in [3.05, 3.63) is 41.4 Å². The van der Waals surface area contributed by atoms with Crippen LogP contribution in [0.3, 0.4) is 0 Å². The molecular weight excluding hydrogens is 292 g/mol. The van der Waals surface area contributed by atoms with Crippen molar-refractivity contribution >= 4 is 23.3 Å². The molecule has 0 unspecified atom stereocenters. The number of nitrogens with zero attached hydrogens (tertiary/aromatic N) is 3. The van der Waals surface area contributed by atoms with E-state index in [-0.39, 0.29) is 18.5 Å². The Bertz CT molecular complexity index is 712. The van der Waals surface area contributed by atoms with Crippen molar-refractivity contribution in [1.82, 2.24) is 15.2 Å². The highest BCUT2D eigenvalue weighted by molar-refractivity contribution is 7.08. The van der Waals surface area contributed by atoms with E-state index in [1.807, 2.05) is 16.8 Å². The maximum absolute atomic E-state index is 11.7. The first-order valence-electron chi connectivity index (χ1n) is 6.00. The molecule has 1 amide bonds. The topological polar surface area (TPSA) is 90.1 Å². The van der Waals surface area contributed by atoms with Gasteiger partial charge in [0.25, 0.3) is 11.8 Å². The summed E-state index contributed by atoms with van der Waals surface area (Å²) in [6, 6.07) is 5.32. The van der Waals surface area contributed by atoms with E-state index in [2.05, 4.69) is 20.5 Å². The van der Waals surface area contributed by atoms with Gasteiger partial charge in [0.1, 0.15) is 5.75 Å². The van der Waals surface area contributed by atoms with E-state index in [1.165, 1.54) is 17.5 Å². The molecular formula is C13H10N4O3S. The smallest absolute Gasteiger partial charge is 0.322 e. The Morgan fingerprint density at radius 1 is 1.38 bits per heavy atom. The number of carbonyl (C=O) groups excluding carboxylic acids is 1. The molecule has 7 nitrogen and oxygen atoms in total. The third-order valence-electron chi connectivity index (χ3n) is 2.44. The monoisotopic (exact) mass is 302 g/mol. The summed E-state index contributed by atoms with van der Waals surface area (Å²) in [4.78, 5) is 15.6. The molecule has 3 aromatic heterocycles. The number of thiophene rings is 1. The average Bonchev–Trinajstić information content (AvgIpc) is 3.17. The Morgan fingerprint density at radius 3 is 3.10 bits per heavy atom. The van der Waals surface area contributed by atoms with Crippen molar-refractivity contribution < 1.29 is 13.9 Å². The molecule has 0 aliphatic heterocycles. The largest absolute Gasteiger partial charge is 0.482 e. The van der Waals surface area contributed by atoms with Crippen molar-refractivity contribution in [2.45, 2.75) is 0 Å². The fourth-order valence-electron chi connectivity index (χ4n) is 1.51. The van der Waals surface area contributed by atoms with Gasteiger partial charge < -0.3 is 9.15 Å². The molecule has 0 saturated heterocycles. The van der Waals surface area contributed by atoms with Gasteiger partial charge in [-0.15, -0.1) is 5.10 Å². The number of pyridine rings is 1. The van der Waals surface area contributed by atoms with Gasteiger partial charge >= 0.3 is 6.01 Å². The third kappa shape index (κ3) is 3.42. The second-order valence-electron chi connectivity index (χ2n) is 3.95. The minimum absolute atomic E-state index is 0.0380. The molecule has 0 bridgehead atoms. The van der Waals surface area contributed by atoms with Gasteiger partial charge in [-0.05, 0) is 23.6 Å². The van der Waals surface area contributed by atoms with Crippen LogP contribution in [0.4, 0.5) is 6.01 Å². The van der Waals surface area contributed by atoms with E-state index < -0.39 is 0 Å². The van der Waals surface area contributed by atoms with Crippen LogP contribution >= 0.6 is 11.3 Å². The Balaban J connectivity index is 1.55. The molecule has 3 rings (SSSR count). The van der Waals surface area contributed by atoms with Crippen LogP contribution in [0, 0.1) is 0 Å². The van der Waals surface area contributed by atoms with Crippen LogP contribution in [0.2, 0.25) is 0 Å². The van der Waals surface area contributed by atoms with Gasteiger partial charge in [-0.25, -0.2) is 0 Å². The highest BCUT2D eigenvalue weighted by atomic mass is 32.1. The van der Waals surface area contributed by atoms with Gasteiger partial charge in [-0.3, -0.25) is 15.1 Å². The fourth-order valence-corrected chi connectivity index (χ4v) is 2.14. The predicted octanol–water partition coefficient (Wildman–Crippen LogP) is 2.21. The number of hydrogen-bond acceptors (Lipinski definition) is 7. The molecule has 0 radical (unpaired) electrons. The van der Waals surface area contributed by atoms with E-state index >= 15 is 0 Å². The van der Waals surface area contributed by atoms with Crippen molar-refractivity contribution in [2.75, 3.05) is 11.9 Å². The zero-order valence-corrected chi connectivity index (χ0v) is 11.5. The molecule has 3 aromatic rings. The van der Waals surface area contributed by atoms with Crippen LogP contribution in [0.15, 0.2) is 45.8 Å². The number of amides is 1. The molecule has 8 heteroatoms. The molecule has 1 N–H and O–H groups in total. The summed E-state index contributed by atoms with van der Waals surface area (Å²) < 4.78 is 10.6. The standard InChI is InChI=1S/C13H10N4O3S/c18-11(7-19-10-2-1-4-14-6-10)15-13-17-16-12(20-13)9-3-5-21-8-9/h1-6,8H,7H2,(H,15,17,18). The maximum atomic E-state index is 11.7. The summed E-state index contributed by atoms with van der Waals surface area (Å²) in [6.07, 6.45) is 3.14. The summed E-state index contributed by atoms with van der Waals surface area (Å²) >= 11 is 1.52. The lowest BCUT2D eigenvalue weighted by molar-refractivity contribution is -0.118. The van der Waals surface area contributed by atoms with E-state index in [4.69, 9.17) is 9.15 Å². The van der Waals surface area contributed by atoms with E-state index in [0.29, 0.717) is 11.6 Å². The zero-order valence-electron chi connectivity index (χ0n) is 10.7. The maximum Gasteiger partial charge on any atom is 0.322 e. The first-order chi connectivity index (χ1) is 10.3. The van der Waals surface area contributed by atoms with Crippen LogP contribution in [0.5, 0.6) is 5.75 Å². The summed E-state index contributed by atoms with van der Waals surface area (Å²) in [7, 11) is 0. The molecule has 0 aliphatic rings. The van der Waals surface area contributed by atoms with E-state index in [1.54, 1.807) is 18.3 Å². The van der Waals surface area contributed by atoms with E-state index in [0.717, 1.165) is 5.56 Å². The predicted molar refractivity (Wildman–Crippen MR) is 76.0 cm³/mol. The van der Waals surface area contributed by atoms with Gasteiger partial charge in [0.05, 0.1) is 6.20 Å². The molecule has 0 fully saturated rings. The number of anilines is 1. The Hall–Kier alpha value is -2.74. The van der Waals surface area contributed by atoms with Crippen molar-refractivity contribution in [3.63, 3.8) is 0 Å². The van der Waals surface area contributed by atoms with Crippen LogP contribution in [0.1, 0.15) is 0 Å². The lowest BCUT2D eigenvalue weighted by atomic mass is 10.3. The summed E-state index contributed by atoms with van der Waals surface area (Å²) in [5.41, 5.74) is 0.819. The minimum Gasteiger partial charge on any atom is -0.482 e. The molecule has 0 aromatic carbocycles. The van der Waals surface area contributed by atoms with Crippen molar-refractivity contribution in [2.24, 2.45) is 0 Å². The molecule has 0 saturated carbocycles. The number of carbonyl (C=O) groups is 1. The van der Waals surface area contributed by atoms with Gasteiger partial charge in [-0.2, -0.15) is 11.3 Å². The van der Waals surface area contributed by atoms with Crippen LogP contribution in [0.25, 0.3) is 11.5 Å². The quantitative estimate of drug-likeness (QED) is 0.777. The molecule has 3 heterocycles. The fraction of sp³-hybridized carbons (Fsp3) is 0.0769. The Kier molecular flexibility index (Phi) is 3.88. The number of nitrogens with one attached hydrogen (secondary N) is 1. The number of ether oxygens (including phenoxy) is 1. The average molecular weight is 302 g/mol. The van der Waals surface area contributed by atoms with Crippen molar-refractivity contribution in [3.8, 4) is 17.2 Å². The summed E-state index contributed by atoms with van der Waals surface area (Å²) in [5, 5.41) is 13.9. The van der Waals surface area contributed by atoms with Crippen molar-refractivity contribution in [1.29, 1.82) is 0 Å². The lowest BCUT2D eigenvalue weighted by Gasteiger charge is -2.03. The second-order valence-corrected chi connectivity index (χ2v) is 4.73. The lowest BCUT2D eigenvalue weighted by Crippen LogP contribution is -2.20. The first kappa shape index (κ1) is 13.3. The first-order valence-corrected chi connectivity index (χ1v) is 6.94. The molecule has 0 atom stereocenters. The Labute approximate surface area is 123 Å². The summed E-state index contributed by atoms with van der Waals surface area (Å²) in [6.45, 7) is -0.165. The zero-order chi connectivity index (χ0) is 14.5. The van der Waals surface area contributed by atoms with Crippen LogP contribution in [-0.2, 0) is 4.79 Å². The van der Waals surface area contributed by atoms with E-state index in [9.17, 15) is 4.79 Å². The third-order valence-corrected chi connectivity index (χ3v) is 3.13. The van der Waals surface area contributed by atoms with Gasteiger partial charge in [-0.1, -0.05) is 5.10 Å². The van der Waals surface area contributed by atoms with Gasteiger partial charge in [0, 0.05) is 17.1 Å². The number of rotatable bonds is 5. The SMILES string of the molecule is O=C(COc1cccnc1)Nc1nnc(-c2ccsc2)o1. The second kappa shape index (κ2) is 6.14. The number of aromatic nitrogens is 3. The van der Waals surface area contributed by atoms with Gasteiger partial charge in [0.15, 0.2) is 6.61 Å². The van der Waals surface area contributed by atoms with Crippen LogP contribution in [-0.4, -0.2) is 27.7 Å². The molecule has 0 spiro atoms. The minimum atomic E-state index is -0.389. The molecule has 21 heavy (non-hydrogen) atoms.